The van der Waals surface area contributed by atoms with E-state index in [-0.39, 0.29) is 5.91 Å². The molecule has 1 fully saturated rings. The number of pyridine rings is 1. The van der Waals surface area contributed by atoms with E-state index < -0.39 is 6.67 Å². The van der Waals surface area contributed by atoms with Gasteiger partial charge in [0, 0.05) is 43.3 Å². The molecule has 6 nitrogen and oxygen atoms in total. The number of rotatable bonds is 5. The van der Waals surface area contributed by atoms with Crippen molar-refractivity contribution in [1.29, 1.82) is 0 Å². The van der Waals surface area contributed by atoms with Crippen molar-refractivity contribution in [1.82, 2.24) is 9.38 Å². The summed E-state index contributed by atoms with van der Waals surface area (Å²) in [5, 5.41) is 2.81. The molecule has 7 heteroatoms. The average molecular weight is 383 g/mol. The molecule has 1 aromatic carbocycles. The van der Waals surface area contributed by atoms with E-state index in [4.69, 9.17) is 14.5 Å². The normalized spacial score (nSPS) is 14.9. The fourth-order valence-corrected chi connectivity index (χ4v) is 3.50. The highest BCUT2D eigenvalue weighted by Gasteiger charge is 2.21. The van der Waals surface area contributed by atoms with Gasteiger partial charge in [-0.25, -0.2) is 9.37 Å². The number of nitrogens with zero attached hydrogens (tertiary/aromatic N) is 2. The van der Waals surface area contributed by atoms with Crippen molar-refractivity contribution in [3.63, 3.8) is 0 Å². The molecule has 2 aromatic heterocycles. The zero-order valence-corrected chi connectivity index (χ0v) is 15.7. The van der Waals surface area contributed by atoms with Gasteiger partial charge in [0.1, 0.15) is 18.1 Å². The number of hydrogen-bond donors (Lipinski definition) is 1. The fourth-order valence-electron chi connectivity index (χ4n) is 3.50. The predicted molar refractivity (Wildman–Crippen MR) is 104 cm³/mol. The Bertz CT molecular complexity index is 996. The monoisotopic (exact) mass is 383 g/mol. The maximum atomic E-state index is 12.9. The maximum Gasteiger partial charge on any atom is 0.260 e. The van der Waals surface area contributed by atoms with Crippen LogP contribution in [-0.4, -0.2) is 35.6 Å². The molecular formula is C21H22FN3O3. The number of alkyl halides is 1. The number of ether oxygens (including phenoxy) is 2. The molecule has 0 spiro atoms. The summed E-state index contributed by atoms with van der Waals surface area (Å²) in [4.78, 5) is 17.5. The first kappa shape index (κ1) is 18.4. The average Bonchev–Trinajstić information content (AvgIpc) is 3.16. The van der Waals surface area contributed by atoms with Gasteiger partial charge in [-0.05, 0) is 30.5 Å². The number of halogens is 1. The summed E-state index contributed by atoms with van der Waals surface area (Å²) >= 11 is 0. The smallest absolute Gasteiger partial charge is 0.260 e. The first-order valence-corrected chi connectivity index (χ1v) is 9.28. The van der Waals surface area contributed by atoms with Crippen molar-refractivity contribution in [2.24, 2.45) is 0 Å². The summed E-state index contributed by atoms with van der Waals surface area (Å²) in [6.45, 7) is 0.907. The number of nitrogens with one attached hydrogen (secondary N) is 1. The van der Waals surface area contributed by atoms with E-state index in [1.54, 1.807) is 36.5 Å². The number of methoxy groups -OCH3 is 1. The Morgan fingerprint density at radius 2 is 2.14 bits per heavy atom. The summed E-state index contributed by atoms with van der Waals surface area (Å²) < 4.78 is 25.6. The molecule has 4 rings (SSSR count). The Hall–Kier alpha value is -2.93. The molecule has 1 saturated heterocycles. The lowest BCUT2D eigenvalue weighted by molar-refractivity contribution is 0.0846. The van der Waals surface area contributed by atoms with Crippen LogP contribution in [0.25, 0.3) is 5.65 Å². The number of benzene rings is 1. The highest BCUT2D eigenvalue weighted by molar-refractivity contribution is 6.06. The number of aromatic nitrogens is 2. The van der Waals surface area contributed by atoms with E-state index in [1.807, 2.05) is 10.6 Å². The van der Waals surface area contributed by atoms with Crippen LogP contribution in [-0.2, 0) is 11.4 Å². The summed E-state index contributed by atoms with van der Waals surface area (Å²) in [7, 11) is 1.52. The molecule has 0 radical (unpaired) electrons. The molecular weight excluding hydrogens is 361 g/mol. The minimum Gasteiger partial charge on any atom is -0.496 e. The second-order valence-corrected chi connectivity index (χ2v) is 6.86. The van der Waals surface area contributed by atoms with Gasteiger partial charge >= 0.3 is 0 Å². The summed E-state index contributed by atoms with van der Waals surface area (Å²) in [5.41, 5.74) is 3.16. The molecule has 1 aliphatic heterocycles. The largest absolute Gasteiger partial charge is 0.496 e. The lowest BCUT2D eigenvalue weighted by Gasteiger charge is -2.19. The SMILES string of the molecule is COc1cc2nc(C3CCOCC3)cn2cc1C(=O)Nc1cccc(CF)c1. The standard InChI is InChI=1S/C21H22FN3O3/c1-27-19-10-20-24-18(15-5-7-28-8-6-15)13-25(20)12-17(19)21(26)23-16-4-2-3-14(9-16)11-22/h2-4,9-10,12-13,15H,5-8,11H2,1H3,(H,23,26). The molecule has 0 unspecified atom stereocenters. The number of carbonyl (C=O) groups is 1. The van der Waals surface area contributed by atoms with Crippen LogP contribution in [0.3, 0.4) is 0 Å². The van der Waals surface area contributed by atoms with E-state index >= 15 is 0 Å². The summed E-state index contributed by atoms with van der Waals surface area (Å²) in [6, 6.07) is 8.48. The van der Waals surface area contributed by atoms with E-state index in [1.165, 1.54) is 7.11 Å². The van der Waals surface area contributed by atoms with Gasteiger partial charge < -0.3 is 19.2 Å². The van der Waals surface area contributed by atoms with Crippen molar-refractivity contribution in [3.8, 4) is 5.75 Å². The molecule has 0 atom stereocenters. The van der Waals surface area contributed by atoms with Crippen LogP contribution >= 0.6 is 0 Å². The lowest BCUT2D eigenvalue weighted by Crippen LogP contribution is -2.14. The van der Waals surface area contributed by atoms with Crippen LogP contribution in [0.2, 0.25) is 0 Å². The molecule has 1 N–H and O–H groups in total. The zero-order chi connectivity index (χ0) is 19.5. The van der Waals surface area contributed by atoms with Crippen LogP contribution in [0.1, 0.15) is 40.4 Å². The third-order valence-corrected chi connectivity index (χ3v) is 5.02. The van der Waals surface area contributed by atoms with Crippen LogP contribution < -0.4 is 10.1 Å². The molecule has 0 aliphatic carbocycles. The minimum atomic E-state index is -0.580. The van der Waals surface area contributed by atoms with Gasteiger partial charge in [-0.2, -0.15) is 0 Å². The third-order valence-electron chi connectivity index (χ3n) is 5.02. The highest BCUT2D eigenvalue weighted by Crippen LogP contribution is 2.28. The van der Waals surface area contributed by atoms with Crippen molar-refractivity contribution in [2.75, 3.05) is 25.6 Å². The number of hydrogen-bond acceptors (Lipinski definition) is 4. The third kappa shape index (κ3) is 3.71. The van der Waals surface area contributed by atoms with Gasteiger partial charge in [-0.1, -0.05) is 12.1 Å². The maximum absolute atomic E-state index is 12.9. The van der Waals surface area contributed by atoms with Crippen molar-refractivity contribution in [3.05, 3.63) is 59.5 Å². The Kier molecular flexibility index (Phi) is 5.25. The molecule has 0 bridgehead atoms. The topological polar surface area (TPSA) is 64.9 Å². The predicted octanol–water partition coefficient (Wildman–Crippen LogP) is 3.96. The summed E-state index contributed by atoms with van der Waals surface area (Å²) in [6.07, 6.45) is 5.57. The van der Waals surface area contributed by atoms with Gasteiger partial charge in [0.25, 0.3) is 5.91 Å². The van der Waals surface area contributed by atoms with E-state index in [0.29, 0.717) is 28.5 Å². The number of amides is 1. The Morgan fingerprint density at radius 1 is 1.32 bits per heavy atom. The first-order valence-electron chi connectivity index (χ1n) is 9.28. The Morgan fingerprint density at radius 3 is 2.89 bits per heavy atom. The quantitative estimate of drug-likeness (QED) is 0.724. The van der Waals surface area contributed by atoms with Gasteiger partial charge in [0.2, 0.25) is 0 Å². The van der Waals surface area contributed by atoms with Crippen LogP contribution in [0.15, 0.2) is 42.7 Å². The van der Waals surface area contributed by atoms with Gasteiger partial charge in [0.05, 0.1) is 18.4 Å². The highest BCUT2D eigenvalue weighted by atomic mass is 19.1. The van der Waals surface area contributed by atoms with Crippen LogP contribution in [0.5, 0.6) is 5.75 Å². The summed E-state index contributed by atoms with van der Waals surface area (Å²) in [5.74, 6) is 0.479. The second-order valence-electron chi connectivity index (χ2n) is 6.86. The van der Waals surface area contributed by atoms with Crippen LogP contribution in [0.4, 0.5) is 10.1 Å². The molecule has 1 aliphatic rings. The van der Waals surface area contributed by atoms with Crippen molar-refractivity contribution >= 4 is 17.2 Å². The van der Waals surface area contributed by atoms with Gasteiger partial charge in [-0.3, -0.25) is 4.79 Å². The number of carbonyl (C=O) groups excluding carboxylic acids is 1. The van der Waals surface area contributed by atoms with Gasteiger partial charge in [-0.15, -0.1) is 0 Å². The van der Waals surface area contributed by atoms with Crippen molar-refractivity contribution < 1.29 is 18.7 Å². The van der Waals surface area contributed by atoms with Gasteiger partial charge in [0.15, 0.2) is 0 Å². The molecule has 3 aromatic rings. The molecule has 146 valence electrons. The zero-order valence-electron chi connectivity index (χ0n) is 15.7. The van der Waals surface area contributed by atoms with E-state index in [0.717, 1.165) is 37.4 Å². The molecule has 3 heterocycles. The molecule has 1 amide bonds. The minimum absolute atomic E-state index is 0.323. The molecule has 0 saturated carbocycles. The Balaban J connectivity index is 1.64. The van der Waals surface area contributed by atoms with Crippen molar-refractivity contribution in [2.45, 2.75) is 25.4 Å². The first-order chi connectivity index (χ1) is 13.7. The van der Waals surface area contributed by atoms with E-state index in [2.05, 4.69) is 5.32 Å². The van der Waals surface area contributed by atoms with Crippen LogP contribution in [0, 0.1) is 0 Å². The van der Waals surface area contributed by atoms with E-state index in [9.17, 15) is 9.18 Å². The second kappa shape index (κ2) is 7.98. The lowest BCUT2D eigenvalue weighted by atomic mass is 9.97. The number of anilines is 1. The number of fused-ring (bicyclic) bond motifs is 1. The fraction of sp³-hybridized carbons (Fsp3) is 0.333. The molecule has 28 heavy (non-hydrogen) atoms. The Labute approximate surface area is 162 Å². The number of imidazole rings is 1.